The average molecular weight is 367 g/mol. The first kappa shape index (κ1) is 18.8. The summed E-state index contributed by atoms with van der Waals surface area (Å²) in [6, 6.07) is 10.8. The molecule has 2 aromatic heterocycles. The predicted molar refractivity (Wildman–Crippen MR) is 106 cm³/mol. The van der Waals surface area contributed by atoms with Gasteiger partial charge in [-0.3, -0.25) is 9.59 Å². The van der Waals surface area contributed by atoms with Crippen LogP contribution in [0.4, 0.5) is 5.69 Å². The summed E-state index contributed by atoms with van der Waals surface area (Å²) in [5.74, 6) is 0.269. The fourth-order valence-corrected chi connectivity index (χ4v) is 2.99. The number of hydrogen-bond donors (Lipinski definition) is 2. The second-order valence-electron chi connectivity index (χ2n) is 6.99. The number of benzene rings is 1. The Hall–Kier alpha value is -3.02. The van der Waals surface area contributed by atoms with Gasteiger partial charge in [0, 0.05) is 29.7 Å². The Morgan fingerprint density at radius 3 is 2.63 bits per heavy atom. The molecular formula is C21H25N3O3. The van der Waals surface area contributed by atoms with Crippen LogP contribution in [-0.2, 0) is 6.54 Å². The van der Waals surface area contributed by atoms with E-state index in [0.717, 1.165) is 23.9 Å². The molecule has 2 heterocycles. The highest BCUT2D eigenvalue weighted by Crippen LogP contribution is 2.24. The lowest BCUT2D eigenvalue weighted by atomic mass is 10.2. The van der Waals surface area contributed by atoms with Crippen molar-refractivity contribution in [2.75, 3.05) is 11.9 Å². The summed E-state index contributed by atoms with van der Waals surface area (Å²) in [4.78, 5) is 24.8. The highest BCUT2D eigenvalue weighted by atomic mass is 16.3. The first-order valence-corrected chi connectivity index (χ1v) is 9.26. The summed E-state index contributed by atoms with van der Waals surface area (Å²) in [5.41, 5.74) is 2.27. The third-order valence-corrected chi connectivity index (χ3v) is 4.25. The van der Waals surface area contributed by atoms with Crippen molar-refractivity contribution in [3.63, 3.8) is 0 Å². The number of rotatable bonds is 7. The zero-order valence-corrected chi connectivity index (χ0v) is 15.9. The number of fused-ring (bicyclic) bond motifs is 1. The van der Waals surface area contributed by atoms with Crippen LogP contribution in [0.1, 0.15) is 48.2 Å². The molecule has 2 amide bonds. The molecule has 142 valence electrons. The van der Waals surface area contributed by atoms with E-state index >= 15 is 0 Å². The van der Waals surface area contributed by atoms with E-state index in [0.29, 0.717) is 23.8 Å². The average Bonchev–Trinajstić information content (AvgIpc) is 3.28. The molecule has 0 radical (unpaired) electrons. The highest BCUT2D eigenvalue weighted by molar-refractivity contribution is 6.04. The summed E-state index contributed by atoms with van der Waals surface area (Å²) in [6.45, 7) is 7.61. The van der Waals surface area contributed by atoms with Gasteiger partial charge in [0.1, 0.15) is 5.69 Å². The fourth-order valence-electron chi connectivity index (χ4n) is 2.99. The van der Waals surface area contributed by atoms with Gasteiger partial charge < -0.3 is 19.6 Å². The minimum Gasteiger partial charge on any atom is -0.459 e. The second-order valence-corrected chi connectivity index (χ2v) is 6.99. The maximum Gasteiger partial charge on any atom is 0.291 e. The Kier molecular flexibility index (Phi) is 5.64. The molecule has 0 aliphatic carbocycles. The molecule has 0 unspecified atom stereocenters. The van der Waals surface area contributed by atoms with Gasteiger partial charge in [0.2, 0.25) is 0 Å². The Labute approximate surface area is 158 Å². The minimum atomic E-state index is -0.303. The number of aryl methyl sites for hydroxylation is 1. The van der Waals surface area contributed by atoms with Crippen LogP contribution in [-0.4, -0.2) is 22.9 Å². The second kappa shape index (κ2) is 8.12. The van der Waals surface area contributed by atoms with E-state index in [9.17, 15) is 9.59 Å². The summed E-state index contributed by atoms with van der Waals surface area (Å²) >= 11 is 0. The van der Waals surface area contributed by atoms with Gasteiger partial charge in [0.15, 0.2) is 5.76 Å². The van der Waals surface area contributed by atoms with Crippen LogP contribution < -0.4 is 10.6 Å². The molecule has 1 aromatic carbocycles. The molecule has 6 heteroatoms. The van der Waals surface area contributed by atoms with E-state index in [4.69, 9.17) is 4.42 Å². The molecule has 0 bridgehead atoms. The lowest BCUT2D eigenvalue weighted by molar-refractivity contribution is 0.0939. The standard InChI is InChI=1S/C21H25N3O3/c1-4-9-24-17-8-7-16(23-21(26)19-6-5-10-27-19)11-15(17)12-18(24)20(25)22-13-14(2)3/h5-8,10-12,14H,4,9,13H2,1-3H3,(H,22,25)(H,23,26). The van der Waals surface area contributed by atoms with Crippen LogP contribution in [0.3, 0.4) is 0 Å². The predicted octanol–water partition coefficient (Wildman–Crippen LogP) is 4.28. The maximum atomic E-state index is 12.6. The molecule has 0 aliphatic rings. The summed E-state index contributed by atoms with van der Waals surface area (Å²) in [5, 5.41) is 6.72. The van der Waals surface area contributed by atoms with E-state index in [1.165, 1.54) is 6.26 Å². The first-order chi connectivity index (χ1) is 13.0. The molecular weight excluding hydrogens is 342 g/mol. The van der Waals surface area contributed by atoms with Gasteiger partial charge in [-0.15, -0.1) is 0 Å². The van der Waals surface area contributed by atoms with Crippen LogP contribution in [0, 0.1) is 5.92 Å². The zero-order valence-electron chi connectivity index (χ0n) is 15.9. The summed E-state index contributed by atoms with van der Waals surface area (Å²) in [6.07, 6.45) is 2.39. The number of carbonyl (C=O) groups excluding carboxylic acids is 2. The first-order valence-electron chi connectivity index (χ1n) is 9.26. The molecule has 2 N–H and O–H groups in total. The topological polar surface area (TPSA) is 76.3 Å². The lowest BCUT2D eigenvalue weighted by Crippen LogP contribution is -2.29. The highest BCUT2D eigenvalue weighted by Gasteiger charge is 2.16. The van der Waals surface area contributed by atoms with Crippen molar-refractivity contribution in [3.8, 4) is 0 Å². The number of furan rings is 1. The third-order valence-electron chi connectivity index (χ3n) is 4.25. The number of amides is 2. The molecule has 6 nitrogen and oxygen atoms in total. The Bertz CT molecular complexity index is 939. The van der Waals surface area contributed by atoms with Crippen molar-refractivity contribution in [1.82, 2.24) is 9.88 Å². The summed E-state index contributed by atoms with van der Waals surface area (Å²) in [7, 11) is 0. The molecule has 0 saturated carbocycles. The number of nitrogens with zero attached hydrogens (tertiary/aromatic N) is 1. The van der Waals surface area contributed by atoms with E-state index in [1.54, 1.807) is 12.1 Å². The van der Waals surface area contributed by atoms with Crippen LogP contribution in [0.15, 0.2) is 47.1 Å². The number of aromatic nitrogens is 1. The van der Waals surface area contributed by atoms with Gasteiger partial charge in [-0.2, -0.15) is 0 Å². The molecule has 27 heavy (non-hydrogen) atoms. The smallest absolute Gasteiger partial charge is 0.291 e. The van der Waals surface area contributed by atoms with E-state index < -0.39 is 0 Å². The molecule has 3 aromatic rings. The van der Waals surface area contributed by atoms with Crippen molar-refractivity contribution in [2.45, 2.75) is 33.7 Å². The largest absolute Gasteiger partial charge is 0.459 e. The van der Waals surface area contributed by atoms with E-state index in [1.807, 2.05) is 28.8 Å². The lowest BCUT2D eigenvalue weighted by Gasteiger charge is -2.11. The Balaban J connectivity index is 1.89. The van der Waals surface area contributed by atoms with Gasteiger partial charge in [0.25, 0.3) is 11.8 Å². The maximum absolute atomic E-state index is 12.6. The van der Waals surface area contributed by atoms with Crippen LogP contribution in [0.2, 0.25) is 0 Å². The monoisotopic (exact) mass is 367 g/mol. The normalized spacial score (nSPS) is 11.1. The number of anilines is 1. The number of nitrogens with one attached hydrogen (secondary N) is 2. The Morgan fingerprint density at radius 2 is 1.96 bits per heavy atom. The van der Waals surface area contributed by atoms with Gasteiger partial charge >= 0.3 is 0 Å². The molecule has 0 fully saturated rings. The van der Waals surface area contributed by atoms with Crippen molar-refractivity contribution in [3.05, 3.63) is 54.1 Å². The van der Waals surface area contributed by atoms with E-state index in [-0.39, 0.29) is 17.6 Å². The van der Waals surface area contributed by atoms with Crippen molar-refractivity contribution >= 4 is 28.4 Å². The number of carbonyl (C=O) groups is 2. The molecule has 0 spiro atoms. The molecule has 0 saturated heterocycles. The van der Waals surface area contributed by atoms with E-state index in [2.05, 4.69) is 31.4 Å². The number of hydrogen-bond acceptors (Lipinski definition) is 3. The van der Waals surface area contributed by atoms with Gasteiger partial charge in [-0.25, -0.2) is 0 Å². The van der Waals surface area contributed by atoms with Gasteiger partial charge in [-0.1, -0.05) is 20.8 Å². The van der Waals surface area contributed by atoms with Crippen molar-refractivity contribution in [2.24, 2.45) is 5.92 Å². The molecule has 0 aliphatic heterocycles. The van der Waals surface area contributed by atoms with Crippen LogP contribution >= 0.6 is 0 Å². The third kappa shape index (κ3) is 4.22. The van der Waals surface area contributed by atoms with Gasteiger partial charge in [-0.05, 0) is 48.7 Å². The fraction of sp³-hybridized carbons (Fsp3) is 0.333. The van der Waals surface area contributed by atoms with Gasteiger partial charge in [0.05, 0.1) is 6.26 Å². The minimum absolute atomic E-state index is 0.0745. The van der Waals surface area contributed by atoms with Crippen molar-refractivity contribution < 1.29 is 14.0 Å². The summed E-state index contributed by atoms with van der Waals surface area (Å²) < 4.78 is 7.15. The zero-order chi connectivity index (χ0) is 19.4. The molecule has 3 rings (SSSR count). The quantitative estimate of drug-likeness (QED) is 0.654. The van der Waals surface area contributed by atoms with Crippen LogP contribution in [0.5, 0.6) is 0 Å². The molecule has 0 atom stereocenters. The Morgan fingerprint density at radius 1 is 1.15 bits per heavy atom. The van der Waals surface area contributed by atoms with Crippen LogP contribution in [0.25, 0.3) is 10.9 Å². The SMILES string of the molecule is CCCn1c(C(=O)NCC(C)C)cc2cc(NC(=O)c3ccco3)ccc21. The van der Waals surface area contributed by atoms with Crippen molar-refractivity contribution in [1.29, 1.82) is 0 Å².